The summed E-state index contributed by atoms with van der Waals surface area (Å²) in [5.41, 5.74) is 4.96. The van der Waals surface area contributed by atoms with Crippen LogP contribution in [0.15, 0.2) is 79.0 Å². The van der Waals surface area contributed by atoms with Crippen molar-refractivity contribution in [2.24, 2.45) is 7.05 Å². The Labute approximate surface area is 238 Å². The number of imidazole rings is 1. The van der Waals surface area contributed by atoms with Gasteiger partial charge in [0.1, 0.15) is 11.6 Å². The lowest BCUT2D eigenvalue weighted by atomic mass is 10.2. The Balaban J connectivity index is 0.00000370. The van der Waals surface area contributed by atoms with Crippen LogP contribution in [0.2, 0.25) is 0 Å². The van der Waals surface area contributed by atoms with Gasteiger partial charge in [0.15, 0.2) is 9.84 Å². The van der Waals surface area contributed by atoms with E-state index in [0.29, 0.717) is 24.3 Å². The number of nitrogens with zero attached hydrogens (tertiary/aromatic N) is 5. The number of sulfone groups is 1. The summed E-state index contributed by atoms with van der Waals surface area (Å²) in [6, 6.07) is 21.4. The lowest BCUT2D eigenvalue weighted by molar-refractivity contribution is 0.601. The summed E-state index contributed by atoms with van der Waals surface area (Å²) in [6.45, 7) is 0.457. The summed E-state index contributed by atoms with van der Waals surface area (Å²) in [7, 11) is 0.755. The third kappa shape index (κ3) is 6.85. The fourth-order valence-corrected chi connectivity index (χ4v) is 5.03. The molecule has 3 aromatic carbocycles. The van der Waals surface area contributed by atoms with Crippen molar-refractivity contribution in [3.8, 4) is 0 Å². The molecule has 0 atom stereocenters. The number of halogens is 2. The van der Waals surface area contributed by atoms with E-state index in [0.717, 1.165) is 33.5 Å². The largest absolute Gasteiger partial charge is 0.352 e. The first kappa shape index (κ1) is 28.8. The van der Waals surface area contributed by atoms with Gasteiger partial charge >= 0.3 is 0 Å². The van der Waals surface area contributed by atoms with Gasteiger partial charge < -0.3 is 20.1 Å². The number of fused-ring (bicyclic) bond motifs is 1. The summed E-state index contributed by atoms with van der Waals surface area (Å²) in [4.78, 5) is 15.6. The van der Waals surface area contributed by atoms with E-state index in [4.69, 9.17) is 4.98 Å². The molecule has 2 aromatic heterocycles. The van der Waals surface area contributed by atoms with Gasteiger partial charge in [0, 0.05) is 44.5 Å². The topological polar surface area (TPSA) is 105 Å². The molecular formula is C28H29ClFN7O2S. The van der Waals surface area contributed by atoms with E-state index in [1.54, 1.807) is 36.5 Å². The van der Waals surface area contributed by atoms with Crippen LogP contribution < -0.4 is 15.5 Å². The molecule has 5 aromatic rings. The predicted molar refractivity (Wildman–Crippen MR) is 160 cm³/mol. The molecule has 0 amide bonds. The van der Waals surface area contributed by atoms with E-state index < -0.39 is 9.84 Å². The zero-order valence-corrected chi connectivity index (χ0v) is 23.8. The summed E-state index contributed by atoms with van der Waals surface area (Å²) in [6.07, 6.45) is 2.89. The maximum absolute atomic E-state index is 13.5. The van der Waals surface area contributed by atoms with Crippen molar-refractivity contribution in [2.75, 3.05) is 28.8 Å². The molecule has 0 fully saturated rings. The molecule has 0 aliphatic heterocycles. The van der Waals surface area contributed by atoms with Crippen molar-refractivity contribution in [1.82, 2.24) is 19.5 Å². The summed E-state index contributed by atoms with van der Waals surface area (Å²) >= 11 is 0. The monoisotopic (exact) mass is 581 g/mol. The van der Waals surface area contributed by atoms with Crippen LogP contribution in [0.3, 0.4) is 0 Å². The van der Waals surface area contributed by atoms with Crippen LogP contribution in [0.4, 0.5) is 33.5 Å². The molecule has 40 heavy (non-hydrogen) atoms. The van der Waals surface area contributed by atoms with Gasteiger partial charge in [0.05, 0.1) is 16.8 Å². The van der Waals surface area contributed by atoms with E-state index >= 15 is 0 Å². The molecule has 9 nitrogen and oxygen atoms in total. The van der Waals surface area contributed by atoms with E-state index in [2.05, 4.69) is 20.6 Å². The average Bonchev–Trinajstić information content (AvgIpc) is 3.22. The van der Waals surface area contributed by atoms with E-state index in [1.807, 2.05) is 53.9 Å². The second-order valence-electron chi connectivity index (χ2n) is 9.34. The van der Waals surface area contributed by atoms with Crippen LogP contribution in [-0.4, -0.2) is 41.2 Å². The Morgan fingerprint density at radius 2 is 1.75 bits per heavy atom. The van der Waals surface area contributed by atoms with E-state index in [-0.39, 0.29) is 24.0 Å². The Bertz CT molecular complexity index is 1740. The first-order valence-corrected chi connectivity index (χ1v) is 14.3. The zero-order valence-electron chi connectivity index (χ0n) is 22.2. The van der Waals surface area contributed by atoms with Gasteiger partial charge in [0.2, 0.25) is 11.9 Å². The molecule has 0 saturated carbocycles. The number of anilines is 5. The maximum Gasteiger partial charge on any atom is 0.229 e. The normalized spacial score (nSPS) is 11.2. The summed E-state index contributed by atoms with van der Waals surface area (Å²) in [5, 5.41) is 6.45. The third-order valence-electron chi connectivity index (χ3n) is 6.21. The minimum absolute atomic E-state index is 0. The molecule has 0 spiro atoms. The minimum atomic E-state index is -3.09. The van der Waals surface area contributed by atoms with Crippen LogP contribution in [0.25, 0.3) is 11.0 Å². The van der Waals surface area contributed by atoms with Crippen LogP contribution in [0.1, 0.15) is 11.1 Å². The van der Waals surface area contributed by atoms with Crippen molar-refractivity contribution in [1.29, 1.82) is 0 Å². The average molecular weight is 582 g/mol. The molecule has 2 N–H and O–H groups in total. The molecule has 0 radical (unpaired) electrons. The molecule has 0 aliphatic rings. The molecule has 5 rings (SSSR count). The van der Waals surface area contributed by atoms with Crippen LogP contribution in [-0.2, 0) is 29.2 Å². The highest BCUT2D eigenvalue weighted by Crippen LogP contribution is 2.28. The molecule has 0 saturated heterocycles. The number of hydrogen-bond donors (Lipinski definition) is 2. The number of aromatic nitrogens is 4. The Morgan fingerprint density at radius 1 is 0.975 bits per heavy atom. The first-order valence-electron chi connectivity index (χ1n) is 12.2. The lowest BCUT2D eigenvalue weighted by Gasteiger charge is -2.19. The Morgan fingerprint density at radius 3 is 2.48 bits per heavy atom. The molecule has 0 aliphatic carbocycles. The van der Waals surface area contributed by atoms with Gasteiger partial charge in [-0.1, -0.05) is 24.3 Å². The molecule has 208 valence electrons. The fourth-order valence-electron chi connectivity index (χ4n) is 4.23. The number of rotatable bonds is 9. The second kappa shape index (κ2) is 11.9. The van der Waals surface area contributed by atoms with Gasteiger partial charge in [-0.05, 0) is 59.7 Å². The van der Waals surface area contributed by atoms with E-state index in [9.17, 15) is 12.8 Å². The highest BCUT2D eigenvalue weighted by Gasteiger charge is 2.13. The van der Waals surface area contributed by atoms with E-state index in [1.165, 1.54) is 18.4 Å². The molecule has 0 unspecified atom stereocenters. The standard InChI is InChI=1S/C28H28FN7O2S.ClH/c1-35(26-13-14-30-27(34-26)32-22-9-7-19(8-10-22)18-39(3,37)38)23-11-12-25-24(16-23)33-28(36(25)2)31-17-20-5-4-6-21(29)15-20;/h4-16H,17-18H2,1-3H3,(H,31,33)(H,30,32,34);1H. The van der Waals surface area contributed by atoms with Gasteiger partial charge in [0.25, 0.3) is 0 Å². The Hall–Kier alpha value is -4.22. The van der Waals surface area contributed by atoms with Crippen molar-refractivity contribution >= 4 is 62.4 Å². The van der Waals surface area contributed by atoms with Crippen molar-refractivity contribution in [2.45, 2.75) is 12.3 Å². The molecule has 12 heteroatoms. The highest BCUT2D eigenvalue weighted by atomic mass is 35.5. The fraction of sp³-hybridized carbons (Fsp3) is 0.179. The number of nitrogens with one attached hydrogen (secondary N) is 2. The van der Waals surface area contributed by atoms with Gasteiger partial charge in [-0.15, -0.1) is 12.4 Å². The Kier molecular flexibility index (Phi) is 8.55. The molecule has 0 bridgehead atoms. The summed E-state index contributed by atoms with van der Waals surface area (Å²) in [5.74, 6) is 1.51. The highest BCUT2D eigenvalue weighted by molar-refractivity contribution is 7.89. The second-order valence-corrected chi connectivity index (χ2v) is 11.5. The van der Waals surface area contributed by atoms with Crippen molar-refractivity contribution in [3.05, 3.63) is 95.9 Å². The van der Waals surface area contributed by atoms with Gasteiger partial charge in [-0.25, -0.2) is 22.8 Å². The maximum atomic E-state index is 13.5. The predicted octanol–water partition coefficient (Wildman–Crippen LogP) is 5.59. The smallest absolute Gasteiger partial charge is 0.229 e. The molecule has 2 heterocycles. The zero-order chi connectivity index (χ0) is 27.6. The minimum Gasteiger partial charge on any atom is -0.352 e. The van der Waals surface area contributed by atoms with Gasteiger partial charge in [-0.2, -0.15) is 4.98 Å². The first-order chi connectivity index (χ1) is 18.6. The third-order valence-corrected chi connectivity index (χ3v) is 7.07. The van der Waals surface area contributed by atoms with Crippen molar-refractivity contribution < 1.29 is 12.8 Å². The lowest BCUT2D eigenvalue weighted by Crippen LogP contribution is -2.12. The van der Waals surface area contributed by atoms with Crippen molar-refractivity contribution in [3.63, 3.8) is 0 Å². The van der Waals surface area contributed by atoms with Crippen LogP contribution >= 0.6 is 12.4 Å². The van der Waals surface area contributed by atoms with Crippen LogP contribution in [0, 0.1) is 5.82 Å². The number of hydrogen-bond acceptors (Lipinski definition) is 8. The van der Waals surface area contributed by atoms with Gasteiger partial charge in [-0.3, -0.25) is 0 Å². The number of benzene rings is 3. The van der Waals surface area contributed by atoms with Crippen LogP contribution in [0.5, 0.6) is 0 Å². The summed E-state index contributed by atoms with van der Waals surface area (Å²) < 4.78 is 38.5. The number of aryl methyl sites for hydroxylation is 1. The molecular weight excluding hydrogens is 553 g/mol. The SMILES string of the molecule is CN(c1ccc2c(c1)nc(NCc1cccc(F)c1)n2C)c1ccnc(Nc2ccc(CS(C)(=O)=O)cc2)n1.Cl. The quantitative estimate of drug-likeness (QED) is 0.232.